The van der Waals surface area contributed by atoms with Gasteiger partial charge in [-0.15, -0.1) is 0 Å². The van der Waals surface area contributed by atoms with Crippen LogP contribution in [-0.2, 0) is 4.79 Å². The summed E-state index contributed by atoms with van der Waals surface area (Å²) in [5.74, 6) is 0.250. The lowest BCUT2D eigenvalue weighted by Crippen LogP contribution is -2.06. The van der Waals surface area contributed by atoms with Crippen molar-refractivity contribution in [2.45, 2.75) is 52.0 Å². The van der Waals surface area contributed by atoms with E-state index in [1.165, 1.54) is 0 Å². The Morgan fingerprint density at radius 2 is 2.00 bits per heavy atom. The second-order valence-corrected chi connectivity index (χ2v) is 2.99. The molecule has 0 saturated heterocycles. The van der Waals surface area contributed by atoms with Gasteiger partial charge >= 0.3 is 0 Å². The van der Waals surface area contributed by atoms with E-state index in [1.54, 1.807) is 0 Å². The standard InChI is InChI=1S/C9H17NO2/c1-3-5-9(11)7-6-8(4-2)10-12/h8H,3-7H2,1-2H3. The van der Waals surface area contributed by atoms with Crippen molar-refractivity contribution < 1.29 is 4.79 Å². The number of nitrogens with zero attached hydrogens (tertiary/aromatic N) is 1. The maximum Gasteiger partial charge on any atom is 0.132 e. The minimum absolute atomic E-state index is 0.161. The molecule has 1 unspecified atom stereocenters. The predicted molar refractivity (Wildman–Crippen MR) is 49.0 cm³/mol. The van der Waals surface area contributed by atoms with E-state index in [0.29, 0.717) is 19.3 Å². The van der Waals surface area contributed by atoms with Crippen molar-refractivity contribution in [1.82, 2.24) is 0 Å². The van der Waals surface area contributed by atoms with Gasteiger partial charge in [0.2, 0.25) is 0 Å². The van der Waals surface area contributed by atoms with Gasteiger partial charge in [-0.05, 0) is 19.3 Å². The first-order valence-corrected chi connectivity index (χ1v) is 4.58. The second-order valence-electron chi connectivity index (χ2n) is 2.99. The van der Waals surface area contributed by atoms with E-state index in [2.05, 4.69) is 5.18 Å². The Bertz CT molecular complexity index is 145. The minimum atomic E-state index is -0.161. The van der Waals surface area contributed by atoms with Gasteiger partial charge in [-0.1, -0.05) is 19.0 Å². The van der Waals surface area contributed by atoms with Crippen LogP contribution in [-0.4, -0.2) is 11.8 Å². The zero-order valence-corrected chi connectivity index (χ0v) is 7.88. The predicted octanol–water partition coefficient (Wildman–Crippen LogP) is 2.68. The first kappa shape index (κ1) is 11.3. The summed E-state index contributed by atoms with van der Waals surface area (Å²) < 4.78 is 0. The number of hydrogen-bond donors (Lipinski definition) is 0. The summed E-state index contributed by atoms with van der Waals surface area (Å²) in [5, 5.41) is 2.94. The molecule has 0 aliphatic rings. The van der Waals surface area contributed by atoms with Crippen LogP contribution >= 0.6 is 0 Å². The van der Waals surface area contributed by atoms with Crippen molar-refractivity contribution in [1.29, 1.82) is 0 Å². The molecule has 12 heavy (non-hydrogen) atoms. The Morgan fingerprint density at radius 3 is 2.42 bits per heavy atom. The Morgan fingerprint density at radius 1 is 1.33 bits per heavy atom. The highest BCUT2D eigenvalue weighted by atomic mass is 16.3. The normalized spacial score (nSPS) is 12.5. The first-order chi connectivity index (χ1) is 5.74. The highest BCUT2D eigenvalue weighted by Gasteiger charge is 2.08. The SMILES string of the molecule is CCCC(=O)CCC(CC)N=O. The van der Waals surface area contributed by atoms with Gasteiger partial charge in [-0.3, -0.25) is 4.79 Å². The Balaban J connectivity index is 3.51. The fourth-order valence-corrected chi connectivity index (χ4v) is 1.06. The van der Waals surface area contributed by atoms with Crippen molar-refractivity contribution in [3.05, 3.63) is 4.91 Å². The van der Waals surface area contributed by atoms with Gasteiger partial charge in [0, 0.05) is 12.8 Å². The molecule has 3 heteroatoms. The van der Waals surface area contributed by atoms with E-state index in [0.717, 1.165) is 12.8 Å². The summed E-state index contributed by atoms with van der Waals surface area (Å²) in [7, 11) is 0. The van der Waals surface area contributed by atoms with Gasteiger partial charge in [-0.2, -0.15) is 4.91 Å². The lowest BCUT2D eigenvalue weighted by Gasteiger charge is -2.03. The molecule has 0 aliphatic carbocycles. The molecule has 0 aromatic carbocycles. The number of ketones is 1. The summed E-state index contributed by atoms with van der Waals surface area (Å²) in [5.41, 5.74) is 0. The van der Waals surface area contributed by atoms with Crippen LogP contribution in [0.15, 0.2) is 5.18 Å². The molecule has 0 fully saturated rings. The molecular formula is C9H17NO2. The number of carbonyl (C=O) groups is 1. The monoisotopic (exact) mass is 171 g/mol. The van der Waals surface area contributed by atoms with Crippen molar-refractivity contribution in [2.75, 3.05) is 0 Å². The van der Waals surface area contributed by atoms with E-state index < -0.39 is 0 Å². The van der Waals surface area contributed by atoms with Crippen LogP contribution in [0.5, 0.6) is 0 Å². The van der Waals surface area contributed by atoms with Crippen LogP contribution in [0.3, 0.4) is 0 Å². The van der Waals surface area contributed by atoms with Gasteiger partial charge in [0.1, 0.15) is 5.78 Å². The van der Waals surface area contributed by atoms with Gasteiger partial charge in [0.25, 0.3) is 0 Å². The van der Waals surface area contributed by atoms with E-state index >= 15 is 0 Å². The van der Waals surface area contributed by atoms with Crippen LogP contribution in [0.2, 0.25) is 0 Å². The lowest BCUT2D eigenvalue weighted by molar-refractivity contribution is -0.119. The van der Waals surface area contributed by atoms with Crippen LogP contribution in [0.25, 0.3) is 0 Å². The molecule has 0 aliphatic heterocycles. The van der Waals surface area contributed by atoms with Crippen LogP contribution in [0, 0.1) is 4.91 Å². The fourth-order valence-electron chi connectivity index (χ4n) is 1.06. The first-order valence-electron chi connectivity index (χ1n) is 4.58. The molecule has 3 nitrogen and oxygen atoms in total. The van der Waals surface area contributed by atoms with Gasteiger partial charge in [0.05, 0.1) is 6.04 Å². The number of nitroso groups, excluding NO2 is 1. The Kier molecular flexibility index (Phi) is 6.53. The molecule has 0 N–H and O–H groups in total. The smallest absolute Gasteiger partial charge is 0.132 e. The number of carbonyl (C=O) groups excluding carboxylic acids is 1. The van der Waals surface area contributed by atoms with Crippen molar-refractivity contribution in [3.63, 3.8) is 0 Å². The summed E-state index contributed by atoms with van der Waals surface area (Å²) in [6.45, 7) is 3.89. The third kappa shape index (κ3) is 4.99. The number of rotatable bonds is 7. The Labute approximate surface area is 73.5 Å². The molecule has 0 radical (unpaired) electrons. The average molecular weight is 171 g/mol. The van der Waals surface area contributed by atoms with Crippen molar-refractivity contribution in [3.8, 4) is 0 Å². The number of hydrogen-bond acceptors (Lipinski definition) is 3. The molecule has 0 spiro atoms. The van der Waals surface area contributed by atoms with E-state index in [4.69, 9.17) is 0 Å². The minimum Gasteiger partial charge on any atom is -0.300 e. The zero-order chi connectivity index (χ0) is 9.40. The largest absolute Gasteiger partial charge is 0.300 e. The summed E-state index contributed by atoms with van der Waals surface area (Å²) in [6, 6.07) is -0.161. The van der Waals surface area contributed by atoms with E-state index in [1.807, 2.05) is 13.8 Å². The van der Waals surface area contributed by atoms with Crippen LogP contribution in [0.4, 0.5) is 0 Å². The highest BCUT2D eigenvalue weighted by Crippen LogP contribution is 2.07. The molecule has 0 rings (SSSR count). The fraction of sp³-hybridized carbons (Fsp3) is 0.889. The topological polar surface area (TPSA) is 46.5 Å². The van der Waals surface area contributed by atoms with Crippen LogP contribution < -0.4 is 0 Å². The third-order valence-corrected chi connectivity index (χ3v) is 1.91. The molecular weight excluding hydrogens is 154 g/mol. The molecule has 0 aromatic rings. The van der Waals surface area contributed by atoms with Gasteiger partial charge in [0.15, 0.2) is 0 Å². The van der Waals surface area contributed by atoms with E-state index in [-0.39, 0.29) is 11.8 Å². The maximum atomic E-state index is 11.0. The molecule has 0 saturated carbocycles. The van der Waals surface area contributed by atoms with Gasteiger partial charge < -0.3 is 0 Å². The maximum absolute atomic E-state index is 11.0. The third-order valence-electron chi connectivity index (χ3n) is 1.91. The molecule has 0 bridgehead atoms. The summed E-state index contributed by atoms with van der Waals surface area (Å²) >= 11 is 0. The Hall–Kier alpha value is -0.730. The van der Waals surface area contributed by atoms with E-state index in [9.17, 15) is 9.70 Å². The average Bonchev–Trinajstić information content (AvgIpc) is 2.07. The van der Waals surface area contributed by atoms with Crippen molar-refractivity contribution in [2.24, 2.45) is 5.18 Å². The molecule has 1 atom stereocenters. The summed E-state index contributed by atoms with van der Waals surface area (Å²) in [6.07, 6.45) is 3.40. The molecule has 70 valence electrons. The zero-order valence-electron chi connectivity index (χ0n) is 7.88. The second kappa shape index (κ2) is 6.95. The number of Topliss-reactive ketones (excluding diaryl/α,β-unsaturated/α-hetero) is 1. The van der Waals surface area contributed by atoms with Crippen molar-refractivity contribution >= 4 is 5.78 Å². The quantitative estimate of drug-likeness (QED) is 0.553. The molecule has 0 heterocycles. The van der Waals surface area contributed by atoms with Gasteiger partial charge in [-0.25, -0.2) is 0 Å². The van der Waals surface area contributed by atoms with Crippen LogP contribution in [0.1, 0.15) is 46.0 Å². The summed E-state index contributed by atoms with van der Waals surface area (Å²) in [4.78, 5) is 21.2. The lowest BCUT2D eigenvalue weighted by atomic mass is 10.1. The molecule has 0 amide bonds. The highest BCUT2D eigenvalue weighted by molar-refractivity contribution is 5.78. The molecule has 0 aromatic heterocycles.